The van der Waals surface area contributed by atoms with Crippen molar-refractivity contribution in [2.24, 2.45) is 0 Å². The Labute approximate surface area is 127 Å². The number of benzene rings is 1. The lowest BCUT2D eigenvalue weighted by Gasteiger charge is -2.16. The topological polar surface area (TPSA) is 79.4 Å². The van der Waals surface area contributed by atoms with Crippen molar-refractivity contribution in [3.63, 3.8) is 0 Å². The number of anilines is 1. The van der Waals surface area contributed by atoms with Crippen LogP contribution in [-0.4, -0.2) is 37.2 Å². The summed E-state index contributed by atoms with van der Waals surface area (Å²) in [5, 5.41) is 4.85. The van der Waals surface area contributed by atoms with E-state index in [2.05, 4.69) is 10.3 Å². The molecule has 1 aromatic carbocycles. The van der Waals surface area contributed by atoms with Gasteiger partial charge in [0.1, 0.15) is 0 Å². The molecule has 0 atom stereocenters. The molecule has 0 aliphatic carbocycles. The van der Waals surface area contributed by atoms with Gasteiger partial charge in [0, 0.05) is 12.4 Å². The Hall–Kier alpha value is -1.77. The predicted octanol–water partition coefficient (Wildman–Crippen LogP) is 1.71. The summed E-state index contributed by atoms with van der Waals surface area (Å²) in [7, 11) is -2.30. The molecule has 21 heavy (non-hydrogen) atoms. The van der Waals surface area contributed by atoms with Crippen molar-refractivity contribution in [2.45, 2.75) is 11.8 Å². The zero-order valence-corrected chi connectivity index (χ0v) is 13.2. The van der Waals surface area contributed by atoms with E-state index < -0.39 is 15.9 Å². The molecular weight excluding hydrogens is 310 g/mol. The molecule has 1 aromatic heterocycles. The second-order valence-corrected chi connectivity index (χ2v) is 7.32. The molecule has 1 amide bonds. The number of sulfonamides is 1. The summed E-state index contributed by atoms with van der Waals surface area (Å²) in [4.78, 5) is 16.1. The molecule has 0 spiro atoms. The van der Waals surface area contributed by atoms with Gasteiger partial charge in [-0.25, -0.2) is 13.4 Å². The molecule has 6 nitrogen and oxygen atoms in total. The monoisotopic (exact) mass is 325 g/mol. The summed E-state index contributed by atoms with van der Waals surface area (Å²) < 4.78 is 25.5. The highest BCUT2D eigenvalue weighted by molar-refractivity contribution is 7.89. The number of carbonyl (C=O) groups excluding carboxylic acids is 1. The number of hydrogen-bond acceptors (Lipinski definition) is 5. The Morgan fingerprint density at radius 2 is 2.00 bits per heavy atom. The molecular formula is C13H15N3O3S2. The number of hydrogen-bond donors (Lipinski definition) is 1. The number of aromatic nitrogens is 1. The van der Waals surface area contributed by atoms with Gasteiger partial charge in [0.05, 0.1) is 17.1 Å². The van der Waals surface area contributed by atoms with Crippen molar-refractivity contribution >= 4 is 32.4 Å². The van der Waals surface area contributed by atoms with E-state index in [0.717, 1.165) is 10.00 Å². The van der Waals surface area contributed by atoms with Gasteiger partial charge in [-0.2, -0.15) is 4.31 Å². The van der Waals surface area contributed by atoms with Gasteiger partial charge >= 0.3 is 0 Å². The summed E-state index contributed by atoms with van der Waals surface area (Å²) in [6.45, 7) is 1.55. The average Bonchev–Trinajstić information content (AvgIpc) is 2.84. The molecule has 0 fully saturated rings. The number of nitrogens with one attached hydrogen (secondary N) is 1. The first-order valence-corrected chi connectivity index (χ1v) is 8.45. The lowest BCUT2D eigenvalue weighted by atomic mass is 10.4. The van der Waals surface area contributed by atoms with Gasteiger partial charge in [0.2, 0.25) is 15.9 Å². The van der Waals surface area contributed by atoms with E-state index in [1.165, 1.54) is 30.5 Å². The Morgan fingerprint density at radius 1 is 1.33 bits per heavy atom. The van der Waals surface area contributed by atoms with Crippen LogP contribution >= 0.6 is 11.3 Å². The number of rotatable bonds is 5. The summed E-state index contributed by atoms with van der Waals surface area (Å²) in [6, 6.07) is 8.00. The molecule has 0 unspecified atom stereocenters. The number of aryl methyl sites for hydroxylation is 1. The maximum atomic E-state index is 12.3. The van der Waals surface area contributed by atoms with Gasteiger partial charge in [-0.15, -0.1) is 11.3 Å². The van der Waals surface area contributed by atoms with E-state index >= 15 is 0 Å². The van der Waals surface area contributed by atoms with Crippen molar-refractivity contribution in [3.8, 4) is 0 Å². The van der Waals surface area contributed by atoms with Crippen molar-refractivity contribution in [2.75, 3.05) is 18.9 Å². The van der Waals surface area contributed by atoms with Crippen molar-refractivity contribution in [3.05, 3.63) is 41.4 Å². The molecule has 2 aromatic rings. The minimum absolute atomic E-state index is 0.158. The van der Waals surface area contributed by atoms with E-state index in [-0.39, 0.29) is 11.4 Å². The Bertz CT molecular complexity index is 726. The van der Waals surface area contributed by atoms with Crippen molar-refractivity contribution in [1.29, 1.82) is 0 Å². The summed E-state index contributed by atoms with van der Waals surface area (Å²) in [5.41, 5.74) is 0.806. The minimum atomic E-state index is -3.67. The molecule has 1 heterocycles. The molecule has 1 N–H and O–H groups in total. The molecule has 0 saturated heterocycles. The van der Waals surface area contributed by atoms with Crippen LogP contribution in [0.1, 0.15) is 5.69 Å². The summed E-state index contributed by atoms with van der Waals surface area (Å²) in [5.74, 6) is -0.425. The van der Waals surface area contributed by atoms with Crippen LogP contribution < -0.4 is 5.32 Å². The first-order valence-electron chi connectivity index (χ1n) is 6.13. The highest BCUT2D eigenvalue weighted by Crippen LogP contribution is 2.16. The maximum Gasteiger partial charge on any atom is 0.243 e. The first kappa shape index (κ1) is 15.6. The summed E-state index contributed by atoms with van der Waals surface area (Å²) in [6.07, 6.45) is 0. The quantitative estimate of drug-likeness (QED) is 0.907. The molecule has 2 rings (SSSR count). The van der Waals surface area contributed by atoms with Crippen LogP contribution in [0.3, 0.4) is 0 Å². The van der Waals surface area contributed by atoms with Crippen LogP contribution in [0.5, 0.6) is 0 Å². The highest BCUT2D eigenvalue weighted by Gasteiger charge is 2.22. The van der Waals surface area contributed by atoms with Crippen LogP contribution in [0.4, 0.5) is 5.13 Å². The van der Waals surface area contributed by atoms with Gasteiger partial charge in [-0.05, 0) is 19.1 Å². The van der Waals surface area contributed by atoms with Crippen LogP contribution in [0.25, 0.3) is 0 Å². The van der Waals surface area contributed by atoms with Crippen molar-refractivity contribution in [1.82, 2.24) is 9.29 Å². The van der Waals surface area contributed by atoms with Gasteiger partial charge < -0.3 is 5.32 Å². The van der Waals surface area contributed by atoms with Gasteiger partial charge in [0.25, 0.3) is 0 Å². The second kappa shape index (κ2) is 6.33. The fraction of sp³-hybridized carbons (Fsp3) is 0.231. The normalized spacial score (nSPS) is 11.6. The lowest BCUT2D eigenvalue weighted by Crippen LogP contribution is -2.34. The smallest absolute Gasteiger partial charge is 0.243 e. The van der Waals surface area contributed by atoms with E-state index in [0.29, 0.717) is 5.13 Å². The molecule has 0 aliphatic heterocycles. The number of thiazole rings is 1. The Morgan fingerprint density at radius 3 is 2.57 bits per heavy atom. The van der Waals surface area contributed by atoms with E-state index in [1.807, 2.05) is 6.92 Å². The number of likely N-dealkylation sites (N-methyl/N-ethyl adjacent to an activating group) is 1. The van der Waals surface area contributed by atoms with Gasteiger partial charge in [-0.1, -0.05) is 18.2 Å². The third kappa shape index (κ3) is 3.87. The van der Waals surface area contributed by atoms with Crippen LogP contribution in [0.15, 0.2) is 40.6 Å². The van der Waals surface area contributed by atoms with E-state index in [1.54, 1.807) is 23.6 Å². The standard InChI is InChI=1S/C13H15N3O3S2/c1-10-9-20-13(14-10)15-12(17)8-16(2)21(18,19)11-6-4-3-5-7-11/h3-7,9H,8H2,1-2H3,(H,14,15,17). The van der Waals surface area contributed by atoms with Gasteiger partial charge in [0.15, 0.2) is 5.13 Å². The number of nitrogens with zero attached hydrogens (tertiary/aromatic N) is 2. The third-order valence-corrected chi connectivity index (χ3v) is 5.38. The molecule has 0 aliphatic rings. The first-order chi connectivity index (χ1) is 9.89. The molecule has 0 bridgehead atoms. The van der Waals surface area contributed by atoms with Crippen LogP contribution in [0, 0.1) is 6.92 Å². The second-order valence-electron chi connectivity index (χ2n) is 4.42. The number of carbonyl (C=O) groups is 1. The minimum Gasteiger partial charge on any atom is -0.301 e. The Kier molecular flexibility index (Phi) is 4.71. The largest absolute Gasteiger partial charge is 0.301 e. The van der Waals surface area contributed by atoms with Crippen LogP contribution in [-0.2, 0) is 14.8 Å². The zero-order valence-electron chi connectivity index (χ0n) is 11.6. The zero-order chi connectivity index (χ0) is 15.5. The molecule has 0 saturated carbocycles. The number of amides is 1. The fourth-order valence-corrected chi connectivity index (χ4v) is 3.48. The van der Waals surface area contributed by atoms with Crippen molar-refractivity contribution < 1.29 is 13.2 Å². The maximum absolute atomic E-state index is 12.3. The third-order valence-electron chi connectivity index (χ3n) is 2.68. The highest BCUT2D eigenvalue weighted by atomic mass is 32.2. The van der Waals surface area contributed by atoms with E-state index in [4.69, 9.17) is 0 Å². The average molecular weight is 325 g/mol. The van der Waals surface area contributed by atoms with E-state index in [9.17, 15) is 13.2 Å². The lowest BCUT2D eigenvalue weighted by molar-refractivity contribution is -0.116. The molecule has 8 heteroatoms. The molecule has 112 valence electrons. The molecule has 0 radical (unpaired) electrons. The summed E-state index contributed by atoms with van der Waals surface area (Å²) >= 11 is 1.30. The predicted molar refractivity (Wildman–Crippen MR) is 81.7 cm³/mol. The Balaban J connectivity index is 2.04. The fourth-order valence-electron chi connectivity index (χ4n) is 1.63. The van der Waals surface area contributed by atoms with Crippen LogP contribution in [0.2, 0.25) is 0 Å². The van der Waals surface area contributed by atoms with Gasteiger partial charge in [-0.3, -0.25) is 4.79 Å². The SMILES string of the molecule is Cc1csc(NC(=O)CN(C)S(=O)(=O)c2ccccc2)n1.